The molecule has 2 aliphatic rings. The first kappa shape index (κ1) is 14.8. The molecule has 116 valence electrons. The smallest absolute Gasteiger partial charge is 0.369 e. The third-order valence-electron chi connectivity index (χ3n) is 3.96. The van der Waals surface area contributed by atoms with Crippen LogP contribution >= 0.6 is 0 Å². The number of ether oxygens (including phenoxy) is 1. The number of pyridine rings is 1. The van der Waals surface area contributed by atoms with E-state index in [1.807, 2.05) is 0 Å². The van der Waals surface area contributed by atoms with E-state index in [1.165, 1.54) is 13.2 Å². The van der Waals surface area contributed by atoms with Crippen molar-refractivity contribution in [2.75, 3.05) is 7.11 Å². The number of allylic oxidation sites excluding steroid dienone is 2. The molecule has 1 unspecified atom stereocenters. The molecule has 1 N–H and O–H groups in total. The summed E-state index contributed by atoms with van der Waals surface area (Å²) in [5, 5.41) is 0. The molecule has 0 aromatic carbocycles. The predicted octanol–water partition coefficient (Wildman–Crippen LogP) is 3.23. The summed E-state index contributed by atoms with van der Waals surface area (Å²) in [7, 11) is 1.38. The maximum atomic E-state index is 13.2. The van der Waals surface area contributed by atoms with Crippen LogP contribution in [-0.4, -0.2) is 17.8 Å². The Hall–Kier alpha value is -2.15. The number of alkyl halides is 3. The minimum atomic E-state index is -4.62. The lowest BCUT2D eigenvalue weighted by Gasteiger charge is -2.26. The number of hydrogen-bond donors (Lipinski definition) is 1. The minimum Gasteiger partial charge on any atom is -0.369 e. The van der Waals surface area contributed by atoms with Crippen LogP contribution in [0.15, 0.2) is 32.7 Å². The molecule has 0 fully saturated rings. The van der Waals surface area contributed by atoms with Gasteiger partial charge in [-0.3, -0.25) is 9.79 Å². The number of nitrogens with zero attached hydrogens (tertiary/aromatic N) is 1. The van der Waals surface area contributed by atoms with Crippen molar-refractivity contribution in [3.8, 4) is 0 Å². The first-order valence-electron chi connectivity index (χ1n) is 6.59. The highest BCUT2D eigenvalue weighted by atomic mass is 19.4. The van der Waals surface area contributed by atoms with Crippen molar-refractivity contribution < 1.29 is 17.9 Å². The zero-order valence-corrected chi connectivity index (χ0v) is 12.1. The zero-order valence-electron chi connectivity index (χ0n) is 12.1. The second kappa shape index (κ2) is 4.67. The number of H-pyrrole nitrogens is 1. The molecule has 1 atom stereocenters. The van der Waals surface area contributed by atoms with Crippen molar-refractivity contribution in [3.63, 3.8) is 0 Å². The summed E-state index contributed by atoms with van der Waals surface area (Å²) in [6, 6.07) is 0.575. The number of aromatic nitrogens is 1. The van der Waals surface area contributed by atoms with Gasteiger partial charge in [0.05, 0.1) is 17.0 Å². The molecule has 4 nitrogen and oxygen atoms in total. The number of aliphatic imine (C=N–C) groups is 1. The Bertz CT molecular complexity index is 813. The number of fused-ring (bicyclic) bond motifs is 2. The molecule has 1 aliphatic heterocycles. The summed E-state index contributed by atoms with van der Waals surface area (Å²) < 4.78 is 45.0. The number of hydrogen-bond acceptors (Lipinski definition) is 3. The van der Waals surface area contributed by atoms with Crippen molar-refractivity contribution in [3.05, 3.63) is 50.1 Å². The summed E-state index contributed by atoms with van der Waals surface area (Å²) in [5.74, 6) is 0. The van der Waals surface area contributed by atoms with Gasteiger partial charge in [-0.2, -0.15) is 13.2 Å². The Balaban J connectivity index is 2.35. The Kier molecular flexibility index (Phi) is 3.14. The maximum Gasteiger partial charge on any atom is 0.417 e. The number of rotatable bonds is 1. The fourth-order valence-corrected chi connectivity index (χ4v) is 2.79. The van der Waals surface area contributed by atoms with E-state index in [0.29, 0.717) is 17.4 Å². The van der Waals surface area contributed by atoms with Gasteiger partial charge in [0, 0.05) is 30.0 Å². The van der Waals surface area contributed by atoms with Crippen LogP contribution in [0, 0.1) is 0 Å². The first-order chi connectivity index (χ1) is 10.2. The van der Waals surface area contributed by atoms with E-state index in [2.05, 4.69) is 9.98 Å². The second-order valence-corrected chi connectivity index (χ2v) is 5.25. The van der Waals surface area contributed by atoms with Gasteiger partial charge < -0.3 is 9.72 Å². The molecule has 0 saturated carbocycles. The first-order valence-corrected chi connectivity index (χ1v) is 6.59. The summed E-state index contributed by atoms with van der Waals surface area (Å²) in [5.41, 5.74) is 0.930. The van der Waals surface area contributed by atoms with Gasteiger partial charge in [0.25, 0.3) is 0 Å². The lowest BCUT2D eigenvalue weighted by Crippen LogP contribution is -2.27. The molecular weight excluding hydrogens is 297 g/mol. The summed E-state index contributed by atoms with van der Waals surface area (Å²) >= 11 is 0. The van der Waals surface area contributed by atoms with Gasteiger partial charge in [-0.05, 0) is 25.5 Å². The van der Waals surface area contributed by atoms with E-state index in [1.54, 1.807) is 13.8 Å². The summed E-state index contributed by atoms with van der Waals surface area (Å²) in [4.78, 5) is 18.4. The van der Waals surface area contributed by atoms with E-state index in [9.17, 15) is 18.0 Å². The van der Waals surface area contributed by atoms with Crippen LogP contribution in [0.4, 0.5) is 13.2 Å². The molecule has 3 rings (SSSR count). The van der Waals surface area contributed by atoms with Gasteiger partial charge in [0.15, 0.2) is 0 Å². The van der Waals surface area contributed by atoms with Gasteiger partial charge in [-0.1, -0.05) is 0 Å². The molecule has 0 spiro atoms. The van der Waals surface area contributed by atoms with Crippen LogP contribution in [0.25, 0.3) is 6.08 Å². The van der Waals surface area contributed by atoms with E-state index in [4.69, 9.17) is 4.74 Å². The van der Waals surface area contributed by atoms with Gasteiger partial charge >= 0.3 is 6.18 Å². The molecule has 2 heterocycles. The molecule has 0 bridgehead atoms. The monoisotopic (exact) mass is 310 g/mol. The van der Waals surface area contributed by atoms with E-state index in [-0.39, 0.29) is 11.3 Å². The minimum absolute atomic E-state index is 0.0676. The largest absolute Gasteiger partial charge is 0.417 e. The molecule has 0 radical (unpaired) electrons. The zero-order chi connectivity index (χ0) is 16.2. The van der Waals surface area contributed by atoms with Crippen LogP contribution in [-0.2, 0) is 10.9 Å². The van der Waals surface area contributed by atoms with Crippen LogP contribution in [0.2, 0.25) is 0 Å². The third-order valence-corrected chi connectivity index (χ3v) is 3.96. The van der Waals surface area contributed by atoms with Crippen LogP contribution in [0.1, 0.15) is 36.8 Å². The molecule has 0 saturated heterocycles. The third kappa shape index (κ3) is 2.04. The molecule has 1 aliphatic carbocycles. The Labute approximate surface area is 124 Å². The van der Waals surface area contributed by atoms with Crippen LogP contribution < -0.4 is 5.56 Å². The predicted molar refractivity (Wildman–Crippen MR) is 75.6 cm³/mol. The fraction of sp³-hybridized carbons (Fsp3) is 0.333. The quantitative estimate of drug-likeness (QED) is 0.866. The summed E-state index contributed by atoms with van der Waals surface area (Å²) in [6.45, 7) is 3.58. The lowest BCUT2D eigenvalue weighted by molar-refractivity contribution is -0.138. The highest BCUT2D eigenvalue weighted by Crippen LogP contribution is 2.42. The van der Waals surface area contributed by atoms with Crippen molar-refractivity contribution in [1.29, 1.82) is 0 Å². The normalized spacial score (nSPS) is 20.5. The average Bonchev–Trinajstić information content (AvgIpc) is 2.70. The lowest BCUT2D eigenvalue weighted by atomic mass is 9.87. The highest BCUT2D eigenvalue weighted by Gasteiger charge is 2.40. The topological polar surface area (TPSA) is 54.4 Å². The van der Waals surface area contributed by atoms with Crippen molar-refractivity contribution in [2.45, 2.75) is 26.1 Å². The Morgan fingerprint density at radius 3 is 2.59 bits per heavy atom. The van der Waals surface area contributed by atoms with Crippen molar-refractivity contribution in [1.82, 2.24) is 4.98 Å². The molecule has 0 amide bonds. The number of nitrogens with one attached hydrogen (secondary N) is 1. The summed E-state index contributed by atoms with van der Waals surface area (Å²) in [6.07, 6.45) is -4.01. The Morgan fingerprint density at radius 1 is 1.32 bits per heavy atom. The number of aromatic amines is 1. The van der Waals surface area contributed by atoms with Gasteiger partial charge in [0.2, 0.25) is 5.56 Å². The van der Waals surface area contributed by atoms with Gasteiger partial charge in [-0.25, -0.2) is 0 Å². The van der Waals surface area contributed by atoms with Crippen LogP contribution in [0.5, 0.6) is 0 Å². The molecular formula is C15H13F3N2O2. The number of halogens is 3. The molecule has 22 heavy (non-hydrogen) atoms. The van der Waals surface area contributed by atoms with E-state index >= 15 is 0 Å². The van der Waals surface area contributed by atoms with Gasteiger partial charge in [0.1, 0.15) is 6.10 Å². The average molecular weight is 310 g/mol. The molecule has 1 aromatic heterocycles. The van der Waals surface area contributed by atoms with E-state index < -0.39 is 23.4 Å². The maximum absolute atomic E-state index is 13.2. The number of methoxy groups -OCH3 is 1. The highest BCUT2D eigenvalue weighted by molar-refractivity contribution is 6.15. The van der Waals surface area contributed by atoms with Crippen molar-refractivity contribution in [2.24, 2.45) is 4.99 Å². The van der Waals surface area contributed by atoms with Gasteiger partial charge in [-0.15, -0.1) is 0 Å². The van der Waals surface area contributed by atoms with Crippen LogP contribution in [0.3, 0.4) is 0 Å². The Morgan fingerprint density at radius 2 is 2.00 bits per heavy atom. The second-order valence-electron chi connectivity index (χ2n) is 5.25. The van der Waals surface area contributed by atoms with E-state index in [0.717, 1.165) is 11.3 Å². The standard InChI is InChI=1S/C15H13F3N2O2/c1-6-7(2)19-12-8(6)4-9-10(15(16,17)18)5-11(21)20-13(9)14(12)22-3/h4-5,14H,1-3H3,(H,20,21). The molecule has 7 heteroatoms. The van der Waals surface area contributed by atoms with Crippen molar-refractivity contribution >= 4 is 11.8 Å². The SMILES string of the molecule is COC1C2=NC(C)=C(C)C2=Cc2c(C(F)(F)F)cc(=O)[nH]c21. The molecule has 1 aromatic rings. The fourth-order valence-electron chi connectivity index (χ4n) is 2.79.